The zero-order valence-corrected chi connectivity index (χ0v) is 24.2. The first kappa shape index (κ1) is 29.5. The third-order valence-electron chi connectivity index (χ3n) is 7.35. The summed E-state index contributed by atoms with van der Waals surface area (Å²) >= 11 is 0. The van der Waals surface area contributed by atoms with Crippen LogP contribution in [0.25, 0.3) is 22.0 Å². The number of halogens is 1. The summed E-state index contributed by atoms with van der Waals surface area (Å²) in [6.07, 6.45) is 10.5. The second-order valence-corrected chi connectivity index (χ2v) is 10.8. The van der Waals surface area contributed by atoms with Crippen molar-refractivity contribution in [1.29, 1.82) is 0 Å². The standard InChI is InChI=1S/C31H42FN5O3/c1-22(2)10-8-16-40-31-28(24(32)18-25-29(31)30(33-3)26(20-34-25)36(4)21-38)23-11-12-27(35-19-23)39-17-9-15-37-13-6-5-7-14-37/h11-12,18-22H,5-10,13-17H2,1-4H3,(H,33,34). The van der Waals surface area contributed by atoms with Crippen LogP contribution in [0.2, 0.25) is 0 Å². The average Bonchev–Trinajstić information content (AvgIpc) is 2.97. The highest BCUT2D eigenvalue weighted by Gasteiger charge is 2.23. The van der Waals surface area contributed by atoms with Crippen molar-refractivity contribution in [3.8, 4) is 22.8 Å². The Kier molecular flexibility index (Phi) is 10.5. The van der Waals surface area contributed by atoms with E-state index in [9.17, 15) is 4.79 Å². The molecule has 0 atom stereocenters. The highest BCUT2D eigenvalue weighted by Crippen LogP contribution is 2.44. The highest BCUT2D eigenvalue weighted by molar-refractivity contribution is 6.06. The van der Waals surface area contributed by atoms with E-state index < -0.39 is 5.82 Å². The van der Waals surface area contributed by atoms with Crippen LogP contribution in [0.4, 0.5) is 15.8 Å². The smallest absolute Gasteiger partial charge is 0.213 e. The molecule has 3 aromatic rings. The zero-order valence-electron chi connectivity index (χ0n) is 24.2. The summed E-state index contributed by atoms with van der Waals surface area (Å²) < 4.78 is 27.9. The lowest BCUT2D eigenvalue weighted by molar-refractivity contribution is -0.107. The summed E-state index contributed by atoms with van der Waals surface area (Å²) in [4.78, 5) is 24.4. The Hall–Kier alpha value is -3.46. The minimum Gasteiger partial charge on any atom is -0.492 e. The van der Waals surface area contributed by atoms with Crippen molar-refractivity contribution in [3.05, 3.63) is 36.4 Å². The van der Waals surface area contributed by atoms with Crippen LogP contribution < -0.4 is 19.7 Å². The fourth-order valence-electron chi connectivity index (χ4n) is 5.20. The van der Waals surface area contributed by atoms with Crippen LogP contribution in [0.1, 0.15) is 52.4 Å². The number of carbonyl (C=O) groups excluding carboxylic acids is 1. The van der Waals surface area contributed by atoms with Gasteiger partial charge in [-0.1, -0.05) is 20.3 Å². The van der Waals surface area contributed by atoms with Crippen LogP contribution in [-0.2, 0) is 4.79 Å². The predicted molar refractivity (Wildman–Crippen MR) is 159 cm³/mol. The number of aromatic nitrogens is 2. The van der Waals surface area contributed by atoms with Gasteiger partial charge in [-0.3, -0.25) is 9.78 Å². The van der Waals surface area contributed by atoms with Crippen LogP contribution in [0.15, 0.2) is 30.6 Å². The molecule has 0 bridgehead atoms. The minimum atomic E-state index is -0.450. The van der Waals surface area contributed by atoms with Crippen molar-refractivity contribution < 1.29 is 18.7 Å². The number of piperidine rings is 1. The second kappa shape index (κ2) is 14.3. The first-order valence-corrected chi connectivity index (χ1v) is 14.4. The van der Waals surface area contributed by atoms with Gasteiger partial charge in [0.2, 0.25) is 12.3 Å². The summed E-state index contributed by atoms with van der Waals surface area (Å²) in [5, 5.41) is 3.80. The van der Waals surface area contributed by atoms with E-state index in [2.05, 4.69) is 34.0 Å². The Labute approximate surface area is 236 Å². The monoisotopic (exact) mass is 551 g/mol. The molecule has 1 aliphatic rings. The molecule has 1 aliphatic heterocycles. The number of likely N-dealkylation sites (tertiary alicyclic amines) is 1. The Bertz CT molecular complexity index is 1260. The van der Waals surface area contributed by atoms with Gasteiger partial charge in [0.25, 0.3) is 0 Å². The summed E-state index contributed by atoms with van der Waals surface area (Å²) in [5.41, 5.74) is 2.54. The molecule has 0 spiro atoms. The van der Waals surface area contributed by atoms with Crippen molar-refractivity contribution >= 4 is 28.7 Å². The number of nitrogens with zero attached hydrogens (tertiary/aromatic N) is 4. The van der Waals surface area contributed by atoms with Crippen LogP contribution in [0.5, 0.6) is 11.6 Å². The lowest BCUT2D eigenvalue weighted by Gasteiger charge is -2.26. The number of hydrogen-bond acceptors (Lipinski definition) is 7. The second-order valence-electron chi connectivity index (χ2n) is 10.8. The van der Waals surface area contributed by atoms with E-state index in [1.807, 2.05) is 6.07 Å². The third kappa shape index (κ3) is 7.18. The lowest BCUT2D eigenvalue weighted by atomic mass is 10.0. The number of ether oxygens (including phenoxy) is 2. The first-order chi connectivity index (χ1) is 19.4. The van der Waals surface area contributed by atoms with Gasteiger partial charge < -0.3 is 24.6 Å². The molecule has 1 saturated heterocycles. The lowest BCUT2D eigenvalue weighted by Crippen LogP contribution is -2.31. The molecule has 1 amide bonds. The molecule has 3 heterocycles. The Balaban J connectivity index is 1.63. The van der Waals surface area contributed by atoms with E-state index in [-0.39, 0.29) is 0 Å². The number of nitrogens with one attached hydrogen (secondary N) is 1. The van der Waals surface area contributed by atoms with Crippen molar-refractivity contribution in [1.82, 2.24) is 14.9 Å². The number of carbonyl (C=O) groups is 1. The molecule has 216 valence electrons. The van der Waals surface area contributed by atoms with Gasteiger partial charge in [0, 0.05) is 44.5 Å². The molecule has 40 heavy (non-hydrogen) atoms. The number of fused-ring (bicyclic) bond motifs is 1. The molecule has 0 aliphatic carbocycles. The van der Waals surface area contributed by atoms with Gasteiger partial charge >= 0.3 is 0 Å². The maximum atomic E-state index is 15.7. The van der Waals surface area contributed by atoms with Crippen molar-refractivity contribution in [2.24, 2.45) is 5.92 Å². The quantitative estimate of drug-likeness (QED) is 0.190. The van der Waals surface area contributed by atoms with Crippen molar-refractivity contribution in [2.75, 3.05) is 57.2 Å². The number of amides is 1. The van der Waals surface area contributed by atoms with Gasteiger partial charge in [-0.05, 0) is 57.2 Å². The number of anilines is 2. The predicted octanol–water partition coefficient (Wildman–Crippen LogP) is 6.14. The van der Waals surface area contributed by atoms with E-state index in [0.29, 0.717) is 70.6 Å². The maximum Gasteiger partial charge on any atom is 0.213 e. The first-order valence-electron chi connectivity index (χ1n) is 14.4. The van der Waals surface area contributed by atoms with Crippen LogP contribution in [0.3, 0.4) is 0 Å². The SMILES string of the molecule is CNc1c(N(C)C=O)cnc2cc(F)c(-c3ccc(OCCCN4CCCCC4)nc3)c(OCCCC(C)C)c12. The molecule has 9 heteroatoms. The number of hydrogen-bond donors (Lipinski definition) is 1. The topological polar surface area (TPSA) is 79.8 Å². The number of rotatable bonds is 14. The molecule has 1 aromatic carbocycles. The molecule has 4 rings (SSSR count). The highest BCUT2D eigenvalue weighted by atomic mass is 19.1. The minimum absolute atomic E-state index is 0.311. The summed E-state index contributed by atoms with van der Waals surface area (Å²) in [6, 6.07) is 4.99. The average molecular weight is 552 g/mol. The van der Waals surface area contributed by atoms with E-state index in [4.69, 9.17) is 9.47 Å². The van der Waals surface area contributed by atoms with Gasteiger partial charge in [-0.2, -0.15) is 0 Å². The van der Waals surface area contributed by atoms with E-state index in [0.717, 1.165) is 25.8 Å². The summed E-state index contributed by atoms with van der Waals surface area (Å²) in [6.45, 7) is 8.70. The molecule has 8 nitrogen and oxygen atoms in total. The Morgan fingerprint density at radius 3 is 2.55 bits per heavy atom. The Morgan fingerprint density at radius 2 is 1.88 bits per heavy atom. The van der Waals surface area contributed by atoms with Crippen LogP contribution >= 0.6 is 0 Å². The maximum absolute atomic E-state index is 15.7. The van der Waals surface area contributed by atoms with Crippen LogP contribution in [-0.4, -0.2) is 68.2 Å². The largest absolute Gasteiger partial charge is 0.492 e. The zero-order chi connectivity index (χ0) is 28.5. The van der Waals surface area contributed by atoms with Gasteiger partial charge in [-0.15, -0.1) is 0 Å². The molecular weight excluding hydrogens is 509 g/mol. The van der Waals surface area contributed by atoms with Crippen molar-refractivity contribution in [2.45, 2.75) is 52.4 Å². The Morgan fingerprint density at radius 1 is 1.10 bits per heavy atom. The van der Waals surface area contributed by atoms with Crippen molar-refractivity contribution in [3.63, 3.8) is 0 Å². The molecule has 0 saturated carbocycles. The van der Waals surface area contributed by atoms with E-state index >= 15 is 4.39 Å². The van der Waals surface area contributed by atoms with Gasteiger partial charge in [-0.25, -0.2) is 9.37 Å². The molecular formula is C31H42FN5O3. The van der Waals surface area contributed by atoms with Crippen LogP contribution in [0, 0.1) is 11.7 Å². The molecule has 0 radical (unpaired) electrons. The van der Waals surface area contributed by atoms with Gasteiger partial charge in [0.05, 0.1) is 47.3 Å². The normalized spacial score (nSPS) is 13.9. The molecule has 0 unspecified atom stereocenters. The summed E-state index contributed by atoms with van der Waals surface area (Å²) in [5.74, 6) is 0.977. The summed E-state index contributed by atoms with van der Waals surface area (Å²) in [7, 11) is 3.42. The number of pyridine rings is 2. The van der Waals surface area contributed by atoms with Gasteiger partial charge in [0.15, 0.2) is 0 Å². The van der Waals surface area contributed by atoms with Gasteiger partial charge in [0.1, 0.15) is 11.6 Å². The number of benzene rings is 1. The van der Waals surface area contributed by atoms with E-state index in [1.165, 1.54) is 43.3 Å². The fourth-order valence-corrected chi connectivity index (χ4v) is 5.20. The molecule has 1 fully saturated rings. The van der Waals surface area contributed by atoms with E-state index in [1.54, 1.807) is 32.6 Å². The fraction of sp³-hybridized carbons (Fsp3) is 0.516. The third-order valence-corrected chi connectivity index (χ3v) is 7.35. The molecule has 2 aromatic heterocycles. The molecule has 1 N–H and O–H groups in total.